The molecule has 0 bridgehead atoms. The summed E-state index contributed by atoms with van der Waals surface area (Å²) in [4.78, 5) is 22.1. The number of carboxylic acid groups (broad SMARTS) is 1. The van der Waals surface area contributed by atoms with Gasteiger partial charge in [-0.2, -0.15) is 0 Å². The number of hydrogen-bond donors (Lipinski definition) is 1. The lowest BCUT2D eigenvalue weighted by molar-refractivity contribution is -0.139. The van der Waals surface area contributed by atoms with Crippen molar-refractivity contribution in [2.24, 2.45) is 0 Å². The Bertz CT molecular complexity index is 733. The highest BCUT2D eigenvalue weighted by molar-refractivity contribution is 5.94. The fraction of sp³-hybridized carbons (Fsp3) is 0.176. The van der Waals surface area contributed by atoms with Crippen LogP contribution in [0.4, 0.5) is 0 Å². The summed E-state index contributed by atoms with van der Waals surface area (Å²) >= 11 is 0. The zero-order valence-corrected chi connectivity index (χ0v) is 12.2. The third kappa shape index (κ3) is 3.85. The zero-order valence-electron chi connectivity index (χ0n) is 12.2. The Morgan fingerprint density at radius 1 is 1.09 bits per heavy atom. The van der Waals surface area contributed by atoms with Crippen molar-refractivity contribution < 1.29 is 24.2 Å². The van der Waals surface area contributed by atoms with Gasteiger partial charge in [-0.25, -0.2) is 9.59 Å². The maximum Gasteiger partial charge on any atom is 0.335 e. The molecule has 5 heteroatoms. The lowest BCUT2D eigenvalue weighted by Crippen LogP contribution is -2.12. The number of hydrogen-bond acceptors (Lipinski definition) is 4. The Morgan fingerprint density at radius 3 is 2.45 bits per heavy atom. The van der Waals surface area contributed by atoms with Crippen LogP contribution in [0.5, 0.6) is 5.75 Å². The van der Waals surface area contributed by atoms with Gasteiger partial charge in [0, 0.05) is 5.57 Å². The van der Waals surface area contributed by atoms with E-state index < -0.39 is 11.9 Å². The summed E-state index contributed by atoms with van der Waals surface area (Å²) < 4.78 is 10.4. The standard InChI is InChI=1S/C17H16O5/c1-11(2)17(20)22-8-7-21-15-6-5-12-9-14(16(18)19)4-3-13(12)10-15/h3-6,9-10H,1,7-8H2,2H3,(H,18,19). The minimum atomic E-state index is -0.957. The third-order valence-corrected chi connectivity index (χ3v) is 2.99. The minimum Gasteiger partial charge on any atom is -0.490 e. The normalized spacial score (nSPS) is 10.2. The fourth-order valence-electron chi connectivity index (χ4n) is 1.86. The van der Waals surface area contributed by atoms with Gasteiger partial charge in [0.05, 0.1) is 5.56 Å². The van der Waals surface area contributed by atoms with Gasteiger partial charge in [0.15, 0.2) is 0 Å². The first-order chi connectivity index (χ1) is 10.5. The van der Waals surface area contributed by atoms with E-state index in [1.165, 1.54) is 0 Å². The van der Waals surface area contributed by atoms with E-state index in [4.69, 9.17) is 14.6 Å². The average Bonchev–Trinajstić information content (AvgIpc) is 2.50. The number of aromatic carboxylic acids is 1. The number of benzene rings is 2. The van der Waals surface area contributed by atoms with Crippen LogP contribution in [-0.2, 0) is 9.53 Å². The van der Waals surface area contributed by atoms with Gasteiger partial charge in [0.1, 0.15) is 19.0 Å². The summed E-state index contributed by atoms with van der Waals surface area (Å²) in [5, 5.41) is 10.7. The molecule has 0 atom stereocenters. The summed E-state index contributed by atoms with van der Waals surface area (Å²) in [6, 6.07) is 10.2. The number of fused-ring (bicyclic) bond motifs is 1. The van der Waals surface area contributed by atoms with Gasteiger partial charge in [-0.05, 0) is 42.0 Å². The molecule has 0 aliphatic rings. The van der Waals surface area contributed by atoms with Crippen molar-refractivity contribution in [3.63, 3.8) is 0 Å². The Labute approximate surface area is 127 Å². The van der Waals surface area contributed by atoms with Crippen LogP contribution in [0.15, 0.2) is 48.6 Å². The molecule has 0 saturated carbocycles. The van der Waals surface area contributed by atoms with E-state index in [1.807, 2.05) is 6.07 Å². The van der Waals surface area contributed by atoms with Crippen LogP contribution < -0.4 is 4.74 Å². The van der Waals surface area contributed by atoms with Crippen molar-refractivity contribution in [3.8, 4) is 5.75 Å². The van der Waals surface area contributed by atoms with E-state index in [0.29, 0.717) is 11.3 Å². The van der Waals surface area contributed by atoms with Crippen LogP contribution in [0.25, 0.3) is 10.8 Å². The molecule has 114 valence electrons. The molecule has 0 spiro atoms. The molecule has 5 nitrogen and oxygen atoms in total. The molecular formula is C17H16O5. The third-order valence-electron chi connectivity index (χ3n) is 2.99. The Morgan fingerprint density at radius 2 is 1.77 bits per heavy atom. The topological polar surface area (TPSA) is 72.8 Å². The predicted octanol–water partition coefficient (Wildman–Crippen LogP) is 3.04. The van der Waals surface area contributed by atoms with Crippen LogP contribution in [0.2, 0.25) is 0 Å². The highest BCUT2D eigenvalue weighted by atomic mass is 16.6. The van der Waals surface area contributed by atoms with Gasteiger partial charge < -0.3 is 14.6 Å². The van der Waals surface area contributed by atoms with Crippen LogP contribution in [0, 0.1) is 0 Å². The second-order valence-electron chi connectivity index (χ2n) is 4.79. The van der Waals surface area contributed by atoms with E-state index in [-0.39, 0.29) is 18.8 Å². The quantitative estimate of drug-likeness (QED) is 0.504. The molecule has 0 amide bonds. The Hall–Kier alpha value is -2.82. The summed E-state index contributed by atoms with van der Waals surface area (Å²) in [7, 11) is 0. The van der Waals surface area contributed by atoms with E-state index in [0.717, 1.165) is 10.8 Å². The molecule has 2 aromatic rings. The molecule has 0 aliphatic heterocycles. The molecule has 2 aromatic carbocycles. The molecule has 0 fully saturated rings. The molecular weight excluding hydrogens is 284 g/mol. The van der Waals surface area contributed by atoms with E-state index >= 15 is 0 Å². The lowest BCUT2D eigenvalue weighted by atomic mass is 10.1. The van der Waals surface area contributed by atoms with E-state index in [1.54, 1.807) is 37.3 Å². The number of esters is 1. The SMILES string of the molecule is C=C(C)C(=O)OCCOc1ccc2cc(C(=O)O)ccc2c1. The van der Waals surface area contributed by atoms with Crippen LogP contribution in [-0.4, -0.2) is 30.3 Å². The van der Waals surface area contributed by atoms with Crippen LogP contribution in [0.1, 0.15) is 17.3 Å². The average molecular weight is 300 g/mol. The molecule has 0 saturated heterocycles. The second-order valence-corrected chi connectivity index (χ2v) is 4.79. The number of ether oxygens (including phenoxy) is 2. The summed E-state index contributed by atoms with van der Waals surface area (Å²) in [5.41, 5.74) is 0.591. The van der Waals surface area contributed by atoms with E-state index in [9.17, 15) is 9.59 Å². The van der Waals surface area contributed by atoms with Gasteiger partial charge >= 0.3 is 11.9 Å². The number of carbonyl (C=O) groups excluding carboxylic acids is 1. The zero-order chi connectivity index (χ0) is 16.1. The van der Waals surface area contributed by atoms with Crippen LogP contribution >= 0.6 is 0 Å². The Kier molecular flexibility index (Phi) is 4.78. The van der Waals surface area contributed by atoms with Crippen molar-refractivity contribution in [3.05, 3.63) is 54.1 Å². The van der Waals surface area contributed by atoms with E-state index in [2.05, 4.69) is 6.58 Å². The lowest BCUT2D eigenvalue weighted by Gasteiger charge is -2.08. The number of carbonyl (C=O) groups is 2. The van der Waals surface area contributed by atoms with Gasteiger partial charge in [-0.1, -0.05) is 18.7 Å². The summed E-state index contributed by atoms with van der Waals surface area (Å²) in [6.07, 6.45) is 0. The highest BCUT2D eigenvalue weighted by Crippen LogP contribution is 2.22. The summed E-state index contributed by atoms with van der Waals surface area (Å²) in [5.74, 6) is -0.771. The predicted molar refractivity (Wildman–Crippen MR) is 82.2 cm³/mol. The molecule has 1 N–H and O–H groups in total. The highest BCUT2D eigenvalue weighted by Gasteiger charge is 2.05. The Balaban J connectivity index is 1.98. The first-order valence-corrected chi connectivity index (χ1v) is 6.70. The molecule has 0 aromatic heterocycles. The van der Waals surface area contributed by atoms with Gasteiger partial charge in [-0.3, -0.25) is 0 Å². The first kappa shape index (κ1) is 15.6. The van der Waals surface area contributed by atoms with Gasteiger partial charge in [-0.15, -0.1) is 0 Å². The molecule has 0 radical (unpaired) electrons. The fourth-order valence-corrected chi connectivity index (χ4v) is 1.86. The second kappa shape index (κ2) is 6.76. The van der Waals surface area contributed by atoms with Crippen molar-refractivity contribution in [2.45, 2.75) is 6.92 Å². The monoisotopic (exact) mass is 300 g/mol. The van der Waals surface area contributed by atoms with Gasteiger partial charge in [0.25, 0.3) is 0 Å². The minimum absolute atomic E-state index is 0.141. The van der Waals surface area contributed by atoms with Gasteiger partial charge in [0.2, 0.25) is 0 Å². The molecule has 0 unspecified atom stereocenters. The van der Waals surface area contributed by atoms with Crippen molar-refractivity contribution in [1.29, 1.82) is 0 Å². The maximum atomic E-state index is 11.2. The number of carboxylic acids is 1. The largest absolute Gasteiger partial charge is 0.490 e. The molecule has 0 aliphatic carbocycles. The molecule has 22 heavy (non-hydrogen) atoms. The first-order valence-electron chi connectivity index (χ1n) is 6.70. The van der Waals surface area contributed by atoms with Crippen molar-refractivity contribution in [2.75, 3.05) is 13.2 Å². The molecule has 0 heterocycles. The smallest absolute Gasteiger partial charge is 0.335 e. The summed E-state index contributed by atoms with van der Waals surface area (Å²) in [6.45, 7) is 5.44. The molecule has 2 rings (SSSR count). The number of rotatable bonds is 6. The van der Waals surface area contributed by atoms with Crippen LogP contribution in [0.3, 0.4) is 0 Å². The van der Waals surface area contributed by atoms with Crippen molar-refractivity contribution in [1.82, 2.24) is 0 Å². The van der Waals surface area contributed by atoms with Crippen molar-refractivity contribution >= 4 is 22.7 Å². The maximum absolute atomic E-state index is 11.2.